The minimum Gasteiger partial charge on any atom is -0.481 e. The van der Waals surface area contributed by atoms with Crippen molar-refractivity contribution in [3.63, 3.8) is 0 Å². The molecule has 0 heterocycles. The van der Waals surface area contributed by atoms with Crippen molar-refractivity contribution in [1.82, 2.24) is 5.32 Å². The molecule has 11 heteroatoms. The fourth-order valence-electron chi connectivity index (χ4n) is 0.831. The molecule has 0 aromatic rings. The van der Waals surface area contributed by atoms with Gasteiger partial charge in [0.1, 0.15) is 6.10 Å². The van der Waals surface area contributed by atoms with Gasteiger partial charge in [0.05, 0.1) is 20.1 Å². The van der Waals surface area contributed by atoms with Crippen LogP contribution in [0.2, 0.25) is 0 Å². The Kier molecular flexibility index (Phi) is 10.1. The molecule has 21 heavy (non-hydrogen) atoms. The molecule has 0 aromatic carbocycles. The average molecular weight is 331 g/mol. The highest BCUT2D eigenvalue weighted by Crippen LogP contribution is 2.19. The number of aliphatic hydroxyl groups is 2. The highest BCUT2D eigenvalue weighted by atomic mass is 32.3. The maximum absolute atomic E-state index is 11.3. The number of aliphatic carboxylic acids is 1. The zero-order chi connectivity index (χ0) is 17.3. The summed E-state index contributed by atoms with van der Waals surface area (Å²) in [5, 5.41) is 29.0. The smallest absolute Gasteiger partial charge is 0.397 e. The molecule has 1 amide bonds. The number of nitrogens with one attached hydrogen (secondary N) is 1. The molecular weight excluding hydrogens is 310 g/mol. The number of amides is 1. The van der Waals surface area contributed by atoms with E-state index in [0.717, 1.165) is 7.11 Å². The second-order valence-electron chi connectivity index (χ2n) is 4.58. The average Bonchev–Trinajstić information content (AvgIpc) is 2.37. The summed E-state index contributed by atoms with van der Waals surface area (Å²) >= 11 is 0. The van der Waals surface area contributed by atoms with Crippen LogP contribution >= 0.6 is 0 Å². The van der Waals surface area contributed by atoms with Crippen molar-refractivity contribution in [2.75, 3.05) is 20.3 Å². The number of carboxylic acid groups (broad SMARTS) is 1. The predicted octanol–water partition coefficient (Wildman–Crippen LogP) is -1.61. The number of carbonyl (C=O) groups excluding carboxylic acids is 1. The molecule has 0 rings (SSSR count). The van der Waals surface area contributed by atoms with Crippen LogP contribution in [-0.2, 0) is 24.2 Å². The Morgan fingerprint density at radius 1 is 1.33 bits per heavy atom. The van der Waals surface area contributed by atoms with Crippen LogP contribution < -0.4 is 5.32 Å². The Bertz CT molecular complexity index is 432. The Morgan fingerprint density at radius 3 is 2.05 bits per heavy atom. The third-order valence-corrected chi connectivity index (χ3v) is 2.67. The lowest BCUT2D eigenvalue weighted by molar-refractivity contribution is -0.138. The summed E-state index contributed by atoms with van der Waals surface area (Å²) in [6, 6.07) is 0. The first-order chi connectivity index (χ1) is 9.37. The maximum atomic E-state index is 11.3. The first kappa shape index (κ1) is 22.0. The van der Waals surface area contributed by atoms with Crippen LogP contribution in [0, 0.1) is 5.41 Å². The fraction of sp³-hybridized carbons (Fsp3) is 0.800. The number of carboxylic acids is 1. The molecule has 1 atom stereocenters. The molecule has 0 spiro atoms. The van der Waals surface area contributed by atoms with Crippen molar-refractivity contribution in [2.24, 2.45) is 5.41 Å². The van der Waals surface area contributed by atoms with Crippen LogP contribution in [0.15, 0.2) is 0 Å². The minimum absolute atomic E-state index is 0.0350. The van der Waals surface area contributed by atoms with Gasteiger partial charge in [0.25, 0.3) is 0 Å². The van der Waals surface area contributed by atoms with Crippen LogP contribution in [0.25, 0.3) is 0 Å². The summed E-state index contributed by atoms with van der Waals surface area (Å²) in [6.07, 6.45) is -1.55. The van der Waals surface area contributed by atoms with Gasteiger partial charge in [-0.25, -0.2) is 0 Å². The molecule has 0 fully saturated rings. The summed E-state index contributed by atoms with van der Waals surface area (Å²) in [5.74, 6) is -1.69. The first-order valence-corrected chi connectivity index (χ1v) is 7.05. The summed E-state index contributed by atoms with van der Waals surface area (Å²) in [6.45, 7) is 2.70. The third kappa shape index (κ3) is 12.2. The van der Waals surface area contributed by atoms with Gasteiger partial charge in [0.2, 0.25) is 5.91 Å². The van der Waals surface area contributed by atoms with Crippen molar-refractivity contribution in [3.05, 3.63) is 0 Å². The predicted molar refractivity (Wildman–Crippen MR) is 70.7 cm³/mol. The molecule has 0 aliphatic heterocycles. The maximum Gasteiger partial charge on any atom is 0.397 e. The molecular formula is C10H21NO9S. The summed E-state index contributed by atoms with van der Waals surface area (Å²) in [7, 11) is -3.29. The van der Waals surface area contributed by atoms with Gasteiger partial charge in [-0.1, -0.05) is 13.8 Å². The number of hydrogen-bond donors (Lipinski definition) is 5. The van der Waals surface area contributed by atoms with E-state index >= 15 is 0 Å². The largest absolute Gasteiger partial charge is 0.481 e. The second-order valence-corrected chi connectivity index (χ2v) is 5.77. The molecule has 0 saturated carbocycles. The number of aliphatic hydroxyl groups excluding tert-OH is 2. The van der Waals surface area contributed by atoms with Crippen molar-refractivity contribution in [1.29, 1.82) is 0 Å². The van der Waals surface area contributed by atoms with Gasteiger partial charge in [0.15, 0.2) is 0 Å². The molecule has 0 aromatic heterocycles. The third-order valence-electron chi connectivity index (χ3n) is 2.24. The standard InChI is InChI=1S/C9H17NO5.CH4O4S/c1-9(2,5-11)7(14)8(15)10-4-3-6(12)13;1-5-6(2,3)4/h7,11,14H,3-5H2,1-2H3,(H,10,15)(H,12,13);1H3,(H,2,3,4). The molecule has 10 nitrogen and oxygen atoms in total. The van der Waals surface area contributed by atoms with Crippen molar-refractivity contribution >= 4 is 22.3 Å². The van der Waals surface area contributed by atoms with E-state index in [-0.39, 0.29) is 19.6 Å². The van der Waals surface area contributed by atoms with Crippen molar-refractivity contribution in [3.8, 4) is 0 Å². The van der Waals surface area contributed by atoms with Gasteiger partial charge in [-0.15, -0.1) is 0 Å². The Labute approximate surface area is 122 Å². The quantitative estimate of drug-likeness (QED) is 0.344. The van der Waals surface area contributed by atoms with Crippen molar-refractivity contribution < 1.29 is 42.1 Å². The van der Waals surface area contributed by atoms with E-state index in [9.17, 15) is 23.1 Å². The highest BCUT2D eigenvalue weighted by Gasteiger charge is 2.32. The zero-order valence-corrected chi connectivity index (χ0v) is 12.8. The fourth-order valence-corrected chi connectivity index (χ4v) is 0.831. The molecule has 0 aliphatic carbocycles. The Morgan fingerprint density at radius 2 is 1.76 bits per heavy atom. The lowest BCUT2D eigenvalue weighted by Crippen LogP contribution is -2.45. The lowest BCUT2D eigenvalue weighted by Gasteiger charge is -2.26. The highest BCUT2D eigenvalue weighted by molar-refractivity contribution is 7.80. The molecule has 0 aliphatic rings. The van der Waals surface area contributed by atoms with Crippen LogP contribution in [-0.4, -0.2) is 66.5 Å². The Balaban J connectivity index is 0. The van der Waals surface area contributed by atoms with E-state index in [1.54, 1.807) is 0 Å². The van der Waals surface area contributed by atoms with Crippen LogP contribution in [0.1, 0.15) is 20.3 Å². The van der Waals surface area contributed by atoms with Crippen LogP contribution in [0.4, 0.5) is 0 Å². The number of carbonyl (C=O) groups is 2. The van der Waals surface area contributed by atoms with Gasteiger partial charge in [-0.3, -0.25) is 18.3 Å². The molecule has 0 radical (unpaired) electrons. The van der Waals surface area contributed by atoms with Gasteiger partial charge in [0, 0.05) is 12.0 Å². The zero-order valence-electron chi connectivity index (χ0n) is 11.9. The van der Waals surface area contributed by atoms with E-state index in [1.807, 2.05) is 0 Å². The first-order valence-electron chi connectivity index (χ1n) is 5.69. The minimum atomic E-state index is -4.16. The SMILES string of the molecule is CC(C)(CO)C(O)C(=O)NCCC(=O)O.COS(=O)(=O)O. The summed E-state index contributed by atoms with van der Waals surface area (Å²) in [5.41, 5.74) is -0.937. The van der Waals surface area contributed by atoms with Crippen molar-refractivity contribution in [2.45, 2.75) is 26.4 Å². The van der Waals surface area contributed by atoms with Gasteiger partial charge < -0.3 is 20.6 Å². The van der Waals surface area contributed by atoms with E-state index in [4.69, 9.17) is 14.8 Å². The monoisotopic (exact) mass is 331 g/mol. The van der Waals surface area contributed by atoms with Crippen LogP contribution in [0.5, 0.6) is 0 Å². The summed E-state index contributed by atoms with van der Waals surface area (Å²) < 4.78 is 29.7. The number of rotatable bonds is 7. The summed E-state index contributed by atoms with van der Waals surface area (Å²) in [4.78, 5) is 21.4. The second kappa shape index (κ2) is 9.63. The van der Waals surface area contributed by atoms with E-state index in [0.29, 0.717) is 0 Å². The van der Waals surface area contributed by atoms with E-state index < -0.39 is 33.8 Å². The molecule has 5 N–H and O–H groups in total. The normalized spacial score (nSPS) is 12.9. The molecule has 0 saturated heterocycles. The number of hydrogen-bond acceptors (Lipinski definition) is 7. The lowest BCUT2D eigenvalue weighted by atomic mass is 9.87. The molecule has 126 valence electrons. The van der Waals surface area contributed by atoms with E-state index in [2.05, 4.69) is 9.50 Å². The molecule has 0 bridgehead atoms. The van der Waals surface area contributed by atoms with E-state index in [1.165, 1.54) is 13.8 Å². The topological polar surface area (TPSA) is 170 Å². The van der Waals surface area contributed by atoms with Gasteiger partial charge in [-0.2, -0.15) is 8.42 Å². The molecule has 1 unspecified atom stereocenters. The van der Waals surface area contributed by atoms with Crippen LogP contribution in [0.3, 0.4) is 0 Å². The van der Waals surface area contributed by atoms with Gasteiger partial charge in [-0.05, 0) is 0 Å². The Hall–Kier alpha value is -1.27. The van der Waals surface area contributed by atoms with Gasteiger partial charge >= 0.3 is 16.4 Å².